The molecule has 1 aromatic heterocycles. The van der Waals surface area contributed by atoms with Gasteiger partial charge in [-0.25, -0.2) is 9.13 Å². The van der Waals surface area contributed by atoms with Crippen LogP contribution in [0.15, 0.2) is 104 Å². The lowest BCUT2D eigenvalue weighted by atomic mass is 9.99. The third kappa shape index (κ3) is 3.14. The van der Waals surface area contributed by atoms with Crippen molar-refractivity contribution in [3.63, 3.8) is 0 Å². The Morgan fingerprint density at radius 1 is 0.786 bits per heavy atom. The van der Waals surface area contributed by atoms with Crippen LogP contribution in [0.1, 0.15) is 34.5 Å². The van der Waals surface area contributed by atoms with Crippen molar-refractivity contribution in [2.75, 3.05) is 6.61 Å². The molecule has 3 aromatic carbocycles. The van der Waals surface area contributed by atoms with Gasteiger partial charge in [0, 0.05) is 11.1 Å². The fraction of sp³-hybridized carbons (Fsp3) is 0.160. The van der Waals surface area contributed by atoms with Crippen LogP contribution < -0.4 is 4.57 Å². The Kier molecular flexibility index (Phi) is 4.51. The molecule has 4 aromatic rings. The second-order valence-electron chi connectivity index (χ2n) is 7.26. The Hall–Kier alpha value is -3.17. The molecule has 3 nitrogen and oxygen atoms in total. The van der Waals surface area contributed by atoms with Crippen LogP contribution in [0.3, 0.4) is 0 Å². The Bertz CT molecular complexity index is 1000. The molecule has 0 saturated carbocycles. The molecule has 0 amide bonds. The van der Waals surface area contributed by atoms with Crippen molar-refractivity contribution in [2.45, 2.75) is 18.7 Å². The van der Waals surface area contributed by atoms with Crippen LogP contribution in [0, 0.1) is 0 Å². The van der Waals surface area contributed by atoms with Gasteiger partial charge in [-0.2, -0.15) is 0 Å². The Morgan fingerprint density at radius 3 is 1.96 bits per heavy atom. The van der Waals surface area contributed by atoms with Gasteiger partial charge in [-0.15, -0.1) is 0 Å². The van der Waals surface area contributed by atoms with Crippen LogP contribution >= 0.6 is 0 Å². The molecule has 0 radical (unpaired) electrons. The summed E-state index contributed by atoms with van der Waals surface area (Å²) in [4.78, 5) is 0. The highest BCUT2D eigenvalue weighted by Gasteiger charge is 2.31. The van der Waals surface area contributed by atoms with E-state index in [2.05, 4.69) is 113 Å². The van der Waals surface area contributed by atoms with Crippen LogP contribution in [0.2, 0.25) is 0 Å². The van der Waals surface area contributed by atoms with Gasteiger partial charge in [0.2, 0.25) is 6.33 Å². The predicted molar refractivity (Wildman–Crippen MR) is 109 cm³/mol. The molecule has 3 heteroatoms. The molecular weight excluding hydrogens is 344 g/mol. The third-order valence-electron chi connectivity index (χ3n) is 5.46. The zero-order valence-corrected chi connectivity index (χ0v) is 15.7. The molecule has 0 bridgehead atoms. The van der Waals surface area contributed by atoms with Gasteiger partial charge < -0.3 is 4.74 Å². The van der Waals surface area contributed by atoms with E-state index in [0.717, 1.165) is 0 Å². The first-order valence-electron chi connectivity index (χ1n) is 9.74. The van der Waals surface area contributed by atoms with Gasteiger partial charge in [0.15, 0.2) is 11.7 Å². The smallest absolute Gasteiger partial charge is 0.245 e. The number of hydrogen-bond acceptors (Lipinski definition) is 1. The lowest BCUT2D eigenvalue weighted by molar-refractivity contribution is -0.704. The van der Waals surface area contributed by atoms with Gasteiger partial charge in [0.1, 0.15) is 18.8 Å². The van der Waals surface area contributed by atoms with Crippen LogP contribution in [0.5, 0.6) is 0 Å². The Balaban J connectivity index is 1.61. The number of imidazole rings is 1. The maximum absolute atomic E-state index is 5.93. The quantitative estimate of drug-likeness (QED) is 0.485. The van der Waals surface area contributed by atoms with E-state index in [1.807, 2.05) is 0 Å². The highest BCUT2D eigenvalue weighted by Crippen LogP contribution is 2.27. The van der Waals surface area contributed by atoms with Gasteiger partial charge in [-0.1, -0.05) is 91.0 Å². The van der Waals surface area contributed by atoms with Gasteiger partial charge in [0.05, 0.1) is 6.61 Å². The predicted octanol–water partition coefficient (Wildman–Crippen LogP) is 4.53. The SMILES string of the molecule is c1ccc(C(c2ccccc2)[n+]2cc3n(c2)[C@H](c2ccccc2)COC3)cc1. The minimum absolute atomic E-state index is 0.136. The summed E-state index contributed by atoms with van der Waals surface area (Å²) in [5.74, 6) is 0. The monoisotopic (exact) mass is 367 g/mol. The fourth-order valence-corrected chi connectivity index (χ4v) is 4.12. The molecule has 1 aliphatic heterocycles. The van der Waals surface area contributed by atoms with Gasteiger partial charge in [0.25, 0.3) is 0 Å². The average molecular weight is 367 g/mol. The van der Waals surface area contributed by atoms with Crippen molar-refractivity contribution in [2.24, 2.45) is 0 Å². The maximum Gasteiger partial charge on any atom is 0.245 e. The van der Waals surface area contributed by atoms with Gasteiger partial charge in [-0.05, 0) is 5.56 Å². The fourth-order valence-electron chi connectivity index (χ4n) is 4.12. The summed E-state index contributed by atoms with van der Waals surface area (Å²) in [5, 5.41) is 0. The molecule has 5 rings (SSSR count). The molecule has 2 heterocycles. The van der Waals surface area contributed by atoms with Crippen LogP contribution in [0.25, 0.3) is 0 Å². The number of benzene rings is 3. The second-order valence-corrected chi connectivity index (χ2v) is 7.26. The molecule has 28 heavy (non-hydrogen) atoms. The lowest BCUT2D eigenvalue weighted by Gasteiger charge is -2.20. The minimum Gasteiger partial charge on any atom is -0.368 e. The molecule has 0 spiro atoms. The van der Waals surface area contributed by atoms with Crippen molar-refractivity contribution >= 4 is 0 Å². The van der Waals surface area contributed by atoms with Crippen molar-refractivity contribution < 1.29 is 9.30 Å². The summed E-state index contributed by atoms with van der Waals surface area (Å²) >= 11 is 0. The third-order valence-corrected chi connectivity index (χ3v) is 5.46. The van der Waals surface area contributed by atoms with E-state index in [4.69, 9.17) is 4.74 Å². The summed E-state index contributed by atoms with van der Waals surface area (Å²) in [6, 6.07) is 32.3. The number of fused-ring (bicyclic) bond motifs is 1. The topological polar surface area (TPSA) is 18.0 Å². The standard InChI is InChI=1S/C25H23N2O/c1-4-10-20(11-5-1)24-18-28-17-23-16-26(19-27(23)24)25(21-12-6-2-7-13-21)22-14-8-3-9-15-22/h1-16,19,24-25H,17-18H2/q+1/t24-/m0/s1. The van der Waals surface area contributed by atoms with Crippen molar-refractivity contribution in [3.8, 4) is 0 Å². The molecule has 0 saturated heterocycles. The summed E-state index contributed by atoms with van der Waals surface area (Å²) < 4.78 is 10.6. The first-order chi connectivity index (χ1) is 13.9. The molecule has 0 unspecified atom stereocenters. The van der Waals surface area contributed by atoms with E-state index in [9.17, 15) is 0 Å². The zero-order valence-electron chi connectivity index (χ0n) is 15.7. The van der Waals surface area contributed by atoms with E-state index < -0.39 is 0 Å². The highest BCUT2D eigenvalue weighted by molar-refractivity contribution is 5.29. The van der Waals surface area contributed by atoms with E-state index in [1.165, 1.54) is 22.4 Å². The first kappa shape index (κ1) is 17.0. The molecule has 0 aliphatic carbocycles. The van der Waals surface area contributed by atoms with Crippen molar-refractivity contribution in [1.29, 1.82) is 0 Å². The molecule has 0 fully saturated rings. The average Bonchev–Trinajstić information content (AvgIpc) is 3.20. The number of aromatic nitrogens is 2. The highest BCUT2D eigenvalue weighted by atomic mass is 16.5. The van der Waals surface area contributed by atoms with E-state index >= 15 is 0 Å². The van der Waals surface area contributed by atoms with E-state index in [0.29, 0.717) is 13.2 Å². The number of ether oxygens (including phenoxy) is 1. The summed E-state index contributed by atoms with van der Waals surface area (Å²) in [7, 11) is 0. The molecule has 1 atom stereocenters. The number of hydrogen-bond donors (Lipinski definition) is 0. The summed E-state index contributed by atoms with van der Waals surface area (Å²) in [6.45, 7) is 1.35. The Morgan fingerprint density at radius 2 is 1.36 bits per heavy atom. The molecule has 1 aliphatic rings. The number of nitrogens with zero attached hydrogens (tertiary/aromatic N) is 2. The zero-order chi connectivity index (χ0) is 18.8. The van der Waals surface area contributed by atoms with Gasteiger partial charge in [-0.3, -0.25) is 0 Å². The lowest BCUT2D eigenvalue weighted by Crippen LogP contribution is -2.39. The second kappa shape index (κ2) is 7.45. The normalized spacial score (nSPS) is 16.1. The van der Waals surface area contributed by atoms with Crippen LogP contribution in [-0.2, 0) is 11.3 Å². The van der Waals surface area contributed by atoms with Crippen LogP contribution in [0.4, 0.5) is 0 Å². The van der Waals surface area contributed by atoms with Gasteiger partial charge >= 0.3 is 0 Å². The van der Waals surface area contributed by atoms with Crippen molar-refractivity contribution in [1.82, 2.24) is 4.57 Å². The van der Waals surface area contributed by atoms with E-state index in [1.54, 1.807) is 0 Å². The molecule has 138 valence electrons. The van der Waals surface area contributed by atoms with Crippen LogP contribution in [-0.4, -0.2) is 11.2 Å². The van der Waals surface area contributed by atoms with E-state index in [-0.39, 0.29) is 12.1 Å². The Labute approximate surface area is 165 Å². The number of rotatable bonds is 4. The summed E-state index contributed by atoms with van der Waals surface area (Å²) in [6.07, 6.45) is 4.49. The molecule has 0 N–H and O–H groups in total. The maximum atomic E-state index is 5.93. The largest absolute Gasteiger partial charge is 0.368 e. The molecular formula is C25H23N2O+. The first-order valence-corrected chi connectivity index (χ1v) is 9.74. The van der Waals surface area contributed by atoms with Crippen molar-refractivity contribution in [3.05, 3.63) is 126 Å². The summed E-state index contributed by atoms with van der Waals surface area (Å²) in [5.41, 5.74) is 5.04. The minimum atomic E-state index is 0.136.